The number of benzene rings is 1. The predicted octanol–water partition coefficient (Wildman–Crippen LogP) is 2.65. The van der Waals surface area contributed by atoms with Gasteiger partial charge in [-0.05, 0) is 25.1 Å². The maximum Gasteiger partial charge on any atom is 0.335 e. The molecule has 106 valence electrons. The number of amides is 1. The molecule has 2 N–H and O–H groups in total. The SMILES string of the molecule is Cc1cn2cc(C(=O)Nc3cccc(C(=O)O)c3)nc2s1. The van der Waals surface area contributed by atoms with Gasteiger partial charge in [0.2, 0.25) is 0 Å². The van der Waals surface area contributed by atoms with Gasteiger partial charge in [0, 0.05) is 23.0 Å². The number of carbonyl (C=O) groups is 2. The van der Waals surface area contributed by atoms with Crippen molar-refractivity contribution in [3.63, 3.8) is 0 Å². The number of hydrogen-bond acceptors (Lipinski definition) is 4. The molecule has 0 aliphatic carbocycles. The number of thiazole rings is 1. The molecule has 7 heteroatoms. The zero-order chi connectivity index (χ0) is 15.0. The lowest BCUT2D eigenvalue weighted by Crippen LogP contribution is -2.12. The second-order valence-corrected chi connectivity index (χ2v) is 5.71. The number of fused-ring (bicyclic) bond motifs is 1. The van der Waals surface area contributed by atoms with Crippen molar-refractivity contribution in [2.75, 3.05) is 5.32 Å². The minimum atomic E-state index is -1.04. The van der Waals surface area contributed by atoms with Gasteiger partial charge in [-0.1, -0.05) is 6.07 Å². The highest BCUT2D eigenvalue weighted by Gasteiger charge is 2.13. The average Bonchev–Trinajstić information content (AvgIpc) is 2.96. The Hall–Kier alpha value is -2.67. The first-order valence-corrected chi connectivity index (χ1v) is 6.94. The minimum Gasteiger partial charge on any atom is -0.478 e. The Labute approximate surface area is 123 Å². The van der Waals surface area contributed by atoms with Crippen LogP contribution in [0.4, 0.5) is 5.69 Å². The molecule has 0 unspecified atom stereocenters. The Balaban J connectivity index is 1.83. The third-order valence-electron chi connectivity index (χ3n) is 2.87. The highest BCUT2D eigenvalue weighted by molar-refractivity contribution is 7.17. The fourth-order valence-electron chi connectivity index (χ4n) is 1.95. The molecule has 3 aromatic rings. The third-order valence-corrected chi connectivity index (χ3v) is 3.78. The van der Waals surface area contributed by atoms with E-state index < -0.39 is 5.97 Å². The Bertz CT molecular complexity index is 819. The van der Waals surface area contributed by atoms with E-state index in [1.807, 2.05) is 13.1 Å². The zero-order valence-electron chi connectivity index (χ0n) is 11.0. The van der Waals surface area contributed by atoms with Gasteiger partial charge < -0.3 is 10.4 Å². The first-order valence-electron chi connectivity index (χ1n) is 6.13. The van der Waals surface area contributed by atoms with Crippen LogP contribution < -0.4 is 5.32 Å². The molecule has 0 saturated carbocycles. The Morgan fingerprint density at radius 1 is 1.33 bits per heavy atom. The molecule has 0 bridgehead atoms. The van der Waals surface area contributed by atoms with E-state index in [-0.39, 0.29) is 11.5 Å². The number of hydrogen-bond donors (Lipinski definition) is 2. The summed E-state index contributed by atoms with van der Waals surface area (Å²) in [7, 11) is 0. The molecule has 21 heavy (non-hydrogen) atoms. The van der Waals surface area contributed by atoms with Gasteiger partial charge in [0.05, 0.1) is 5.56 Å². The fraction of sp³-hybridized carbons (Fsp3) is 0.0714. The number of aromatic nitrogens is 2. The summed E-state index contributed by atoms with van der Waals surface area (Å²) in [6.07, 6.45) is 3.55. The van der Waals surface area contributed by atoms with E-state index >= 15 is 0 Å². The quantitative estimate of drug-likeness (QED) is 0.779. The standard InChI is InChI=1S/C14H11N3O3S/c1-8-6-17-7-11(16-14(17)21-8)12(18)15-10-4-2-3-9(5-10)13(19)20/h2-7H,1H3,(H,15,18)(H,19,20). The van der Waals surface area contributed by atoms with Crippen LogP contribution in [0.2, 0.25) is 0 Å². The molecule has 0 radical (unpaired) electrons. The zero-order valence-corrected chi connectivity index (χ0v) is 11.8. The first-order chi connectivity index (χ1) is 10.0. The summed E-state index contributed by atoms with van der Waals surface area (Å²) >= 11 is 1.50. The van der Waals surface area contributed by atoms with Crippen molar-refractivity contribution in [3.8, 4) is 0 Å². The summed E-state index contributed by atoms with van der Waals surface area (Å²) in [6, 6.07) is 6.08. The monoisotopic (exact) mass is 301 g/mol. The summed E-state index contributed by atoms with van der Waals surface area (Å²) in [5, 5.41) is 11.6. The van der Waals surface area contributed by atoms with E-state index in [1.54, 1.807) is 22.7 Å². The molecule has 0 spiro atoms. The number of carbonyl (C=O) groups excluding carboxylic acids is 1. The number of anilines is 1. The van der Waals surface area contributed by atoms with E-state index in [9.17, 15) is 9.59 Å². The van der Waals surface area contributed by atoms with E-state index in [0.717, 1.165) is 9.84 Å². The largest absolute Gasteiger partial charge is 0.478 e. The summed E-state index contributed by atoms with van der Waals surface area (Å²) in [5.74, 6) is -1.41. The summed E-state index contributed by atoms with van der Waals surface area (Å²) in [6.45, 7) is 1.97. The lowest BCUT2D eigenvalue weighted by Gasteiger charge is -2.03. The molecule has 2 heterocycles. The van der Waals surface area contributed by atoms with Crippen molar-refractivity contribution in [1.82, 2.24) is 9.38 Å². The summed E-state index contributed by atoms with van der Waals surface area (Å²) in [5.41, 5.74) is 0.837. The van der Waals surface area contributed by atoms with E-state index in [1.165, 1.54) is 23.5 Å². The molecule has 1 aromatic carbocycles. The molecule has 3 rings (SSSR count). The normalized spacial score (nSPS) is 10.7. The van der Waals surface area contributed by atoms with Crippen molar-refractivity contribution >= 4 is 33.9 Å². The lowest BCUT2D eigenvalue weighted by atomic mass is 10.2. The van der Waals surface area contributed by atoms with Crippen LogP contribution in [0.1, 0.15) is 25.7 Å². The second-order valence-electron chi connectivity index (χ2n) is 4.50. The van der Waals surface area contributed by atoms with Gasteiger partial charge in [-0.2, -0.15) is 0 Å². The van der Waals surface area contributed by atoms with Gasteiger partial charge in [-0.15, -0.1) is 11.3 Å². The minimum absolute atomic E-state index is 0.120. The maximum absolute atomic E-state index is 12.1. The van der Waals surface area contributed by atoms with E-state index in [4.69, 9.17) is 5.11 Å². The van der Waals surface area contributed by atoms with Crippen LogP contribution in [0.5, 0.6) is 0 Å². The molecule has 2 aromatic heterocycles. The van der Waals surface area contributed by atoms with Crippen LogP contribution in [0.3, 0.4) is 0 Å². The van der Waals surface area contributed by atoms with Crippen LogP contribution in [-0.4, -0.2) is 26.4 Å². The number of carboxylic acid groups (broad SMARTS) is 1. The van der Waals surface area contributed by atoms with Gasteiger partial charge >= 0.3 is 5.97 Å². The fourth-order valence-corrected chi connectivity index (χ4v) is 2.75. The van der Waals surface area contributed by atoms with Crippen LogP contribution in [0, 0.1) is 6.92 Å². The predicted molar refractivity (Wildman–Crippen MR) is 79.2 cm³/mol. The van der Waals surface area contributed by atoms with Gasteiger partial charge in [-0.25, -0.2) is 9.78 Å². The number of carboxylic acids is 1. The highest BCUT2D eigenvalue weighted by Crippen LogP contribution is 2.18. The Morgan fingerprint density at radius 3 is 2.86 bits per heavy atom. The topological polar surface area (TPSA) is 83.7 Å². The summed E-state index contributed by atoms with van der Waals surface area (Å²) < 4.78 is 1.79. The second kappa shape index (κ2) is 5.02. The molecular formula is C14H11N3O3S. The van der Waals surface area contributed by atoms with Crippen LogP contribution in [0.15, 0.2) is 36.7 Å². The number of aromatic carboxylic acids is 1. The Morgan fingerprint density at radius 2 is 2.14 bits per heavy atom. The number of nitrogens with zero attached hydrogens (tertiary/aromatic N) is 2. The molecule has 1 amide bonds. The molecule has 6 nitrogen and oxygen atoms in total. The third kappa shape index (κ3) is 2.63. The van der Waals surface area contributed by atoms with Gasteiger partial charge in [0.25, 0.3) is 5.91 Å². The number of rotatable bonds is 3. The molecular weight excluding hydrogens is 290 g/mol. The highest BCUT2D eigenvalue weighted by atomic mass is 32.1. The molecule has 0 aliphatic heterocycles. The van der Waals surface area contributed by atoms with Gasteiger partial charge in [-0.3, -0.25) is 9.20 Å². The maximum atomic E-state index is 12.1. The molecule has 0 aliphatic rings. The van der Waals surface area contributed by atoms with E-state index in [2.05, 4.69) is 10.3 Å². The smallest absolute Gasteiger partial charge is 0.335 e. The average molecular weight is 301 g/mol. The van der Waals surface area contributed by atoms with Crippen molar-refractivity contribution in [2.24, 2.45) is 0 Å². The molecule has 0 saturated heterocycles. The van der Waals surface area contributed by atoms with Crippen LogP contribution in [0.25, 0.3) is 4.96 Å². The summed E-state index contributed by atoms with van der Waals surface area (Å²) in [4.78, 5) is 29.1. The molecule has 0 atom stereocenters. The van der Waals surface area contributed by atoms with Crippen molar-refractivity contribution < 1.29 is 14.7 Å². The van der Waals surface area contributed by atoms with Crippen LogP contribution in [-0.2, 0) is 0 Å². The van der Waals surface area contributed by atoms with Gasteiger partial charge in [0.15, 0.2) is 4.96 Å². The van der Waals surface area contributed by atoms with Crippen molar-refractivity contribution in [3.05, 3.63) is 52.8 Å². The molecule has 0 fully saturated rings. The first kappa shape index (κ1) is 13.3. The lowest BCUT2D eigenvalue weighted by molar-refractivity contribution is 0.0696. The Kier molecular flexibility index (Phi) is 3.19. The van der Waals surface area contributed by atoms with Crippen molar-refractivity contribution in [2.45, 2.75) is 6.92 Å². The van der Waals surface area contributed by atoms with E-state index in [0.29, 0.717) is 11.4 Å². The van der Waals surface area contributed by atoms with Gasteiger partial charge in [0.1, 0.15) is 5.69 Å². The number of nitrogens with one attached hydrogen (secondary N) is 1. The number of aryl methyl sites for hydroxylation is 1. The van der Waals surface area contributed by atoms with Crippen LogP contribution >= 0.6 is 11.3 Å². The van der Waals surface area contributed by atoms with Crippen molar-refractivity contribution in [1.29, 1.82) is 0 Å². The number of imidazole rings is 1.